The molecular weight excluding hydrogens is 426 g/mol. The van der Waals surface area contributed by atoms with Crippen LogP contribution in [0.3, 0.4) is 0 Å². The lowest BCUT2D eigenvalue weighted by Gasteiger charge is -2.30. The summed E-state index contributed by atoms with van der Waals surface area (Å²) < 4.78 is 1.38. The van der Waals surface area contributed by atoms with E-state index in [1.54, 1.807) is 0 Å². The summed E-state index contributed by atoms with van der Waals surface area (Å²) in [5.41, 5.74) is 6.08. The minimum atomic E-state index is -0.115. The molecule has 2 aromatic carbocycles. The van der Waals surface area contributed by atoms with Gasteiger partial charge in [-0.1, -0.05) is 44.2 Å². The number of aromatic hydroxyl groups is 2. The third-order valence-corrected chi connectivity index (χ3v) is 6.77. The average molecular weight is 452 g/mol. The molecule has 170 valence electrons. The summed E-state index contributed by atoms with van der Waals surface area (Å²) in [5, 5.41) is 22.1. The van der Waals surface area contributed by atoms with E-state index in [-0.39, 0.29) is 23.0 Å². The second-order valence-electron chi connectivity index (χ2n) is 9.97. The van der Waals surface area contributed by atoms with Crippen molar-refractivity contribution in [1.29, 1.82) is 0 Å². The number of para-hydroxylation sites is 1. The maximum Gasteiger partial charge on any atom is 0.198 e. The van der Waals surface area contributed by atoms with Gasteiger partial charge in [-0.3, -0.25) is 14.3 Å². The molecule has 0 spiro atoms. The molecule has 0 saturated carbocycles. The minimum absolute atomic E-state index is 0.0198. The summed E-state index contributed by atoms with van der Waals surface area (Å²) >= 11 is 0. The van der Waals surface area contributed by atoms with Gasteiger partial charge >= 0.3 is 0 Å². The normalized spacial score (nSPS) is 15.2. The molecule has 6 rings (SSSR count). The number of nitrogens with one attached hydrogen (secondary N) is 1. The predicted molar refractivity (Wildman–Crippen MR) is 132 cm³/mol. The highest BCUT2D eigenvalue weighted by molar-refractivity contribution is 6.19. The SMILES string of the molecule is CC1(C)CC(=O)c2c(nc(Cc3ccc(-n4c(O)ccc4O)cc3)c3[nH]c4ccccc4c23)C1. The fourth-order valence-corrected chi connectivity index (χ4v) is 5.27. The number of aromatic amines is 1. The van der Waals surface area contributed by atoms with Crippen LogP contribution in [0, 0.1) is 5.41 Å². The maximum absolute atomic E-state index is 13.2. The Labute approximate surface area is 196 Å². The lowest BCUT2D eigenvalue weighted by atomic mass is 9.74. The smallest absolute Gasteiger partial charge is 0.198 e. The molecule has 5 aromatic rings. The van der Waals surface area contributed by atoms with Crippen LogP contribution in [0.2, 0.25) is 0 Å². The van der Waals surface area contributed by atoms with Crippen molar-refractivity contribution in [2.45, 2.75) is 33.1 Å². The summed E-state index contributed by atoms with van der Waals surface area (Å²) in [7, 11) is 0. The van der Waals surface area contributed by atoms with Crippen molar-refractivity contribution in [2.75, 3.05) is 0 Å². The van der Waals surface area contributed by atoms with Gasteiger partial charge in [0.15, 0.2) is 17.5 Å². The van der Waals surface area contributed by atoms with Crippen molar-refractivity contribution in [2.24, 2.45) is 5.41 Å². The lowest BCUT2D eigenvalue weighted by Crippen LogP contribution is -2.28. The van der Waals surface area contributed by atoms with Crippen LogP contribution in [-0.2, 0) is 12.8 Å². The zero-order valence-corrected chi connectivity index (χ0v) is 19.1. The van der Waals surface area contributed by atoms with E-state index < -0.39 is 0 Å². The Morgan fingerprint density at radius 3 is 2.41 bits per heavy atom. The molecule has 0 fully saturated rings. The van der Waals surface area contributed by atoms with E-state index in [2.05, 4.69) is 24.9 Å². The minimum Gasteiger partial charge on any atom is -0.494 e. The number of pyridine rings is 1. The number of rotatable bonds is 3. The first-order chi connectivity index (χ1) is 16.3. The van der Waals surface area contributed by atoms with Crippen LogP contribution in [0.15, 0.2) is 60.7 Å². The third-order valence-electron chi connectivity index (χ3n) is 6.77. The molecule has 3 aromatic heterocycles. The zero-order valence-electron chi connectivity index (χ0n) is 19.1. The first kappa shape index (κ1) is 20.5. The van der Waals surface area contributed by atoms with Crippen molar-refractivity contribution in [3.63, 3.8) is 0 Å². The molecule has 1 aliphatic rings. The number of hydrogen-bond acceptors (Lipinski definition) is 4. The molecule has 3 heterocycles. The summed E-state index contributed by atoms with van der Waals surface area (Å²) in [6, 6.07) is 18.7. The molecule has 0 atom stereocenters. The molecule has 3 N–H and O–H groups in total. The van der Waals surface area contributed by atoms with Crippen LogP contribution >= 0.6 is 0 Å². The summed E-state index contributed by atoms with van der Waals surface area (Å²) in [6.45, 7) is 4.25. The number of aromatic nitrogens is 3. The van der Waals surface area contributed by atoms with Gasteiger partial charge in [0.2, 0.25) is 0 Å². The molecule has 0 aliphatic heterocycles. The van der Waals surface area contributed by atoms with Gasteiger partial charge in [-0.05, 0) is 35.6 Å². The van der Waals surface area contributed by atoms with E-state index in [4.69, 9.17) is 4.98 Å². The van der Waals surface area contributed by atoms with E-state index in [9.17, 15) is 15.0 Å². The Morgan fingerprint density at radius 1 is 0.971 bits per heavy atom. The number of fused-ring (bicyclic) bond motifs is 5. The van der Waals surface area contributed by atoms with Crippen LogP contribution < -0.4 is 0 Å². The van der Waals surface area contributed by atoms with Gasteiger partial charge in [0.25, 0.3) is 0 Å². The Hall–Kier alpha value is -4.06. The van der Waals surface area contributed by atoms with Crippen LogP contribution in [0.5, 0.6) is 11.8 Å². The highest BCUT2D eigenvalue weighted by atomic mass is 16.3. The predicted octanol–water partition coefficient (Wildman–Crippen LogP) is 5.66. The maximum atomic E-state index is 13.2. The Bertz CT molecular complexity index is 1570. The first-order valence-electron chi connectivity index (χ1n) is 11.5. The zero-order chi connectivity index (χ0) is 23.6. The van der Waals surface area contributed by atoms with Gasteiger partial charge in [-0.2, -0.15) is 0 Å². The van der Waals surface area contributed by atoms with Gasteiger partial charge in [-0.25, -0.2) is 0 Å². The third kappa shape index (κ3) is 3.17. The molecule has 0 saturated heterocycles. The van der Waals surface area contributed by atoms with E-state index >= 15 is 0 Å². The lowest BCUT2D eigenvalue weighted by molar-refractivity contribution is 0.0912. The van der Waals surface area contributed by atoms with E-state index in [1.165, 1.54) is 16.7 Å². The fourth-order valence-electron chi connectivity index (χ4n) is 5.27. The highest BCUT2D eigenvalue weighted by Crippen LogP contribution is 2.40. The number of nitrogens with zero attached hydrogens (tertiary/aromatic N) is 2. The van der Waals surface area contributed by atoms with Gasteiger partial charge in [-0.15, -0.1) is 0 Å². The van der Waals surface area contributed by atoms with Crippen LogP contribution in [-0.4, -0.2) is 30.5 Å². The molecule has 0 unspecified atom stereocenters. The number of benzene rings is 2. The molecular formula is C28H25N3O3. The number of H-pyrrole nitrogens is 1. The number of carbonyl (C=O) groups is 1. The number of carbonyl (C=O) groups excluding carboxylic acids is 1. The second kappa shape index (κ2) is 7.22. The summed E-state index contributed by atoms with van der Waals surface area (Å²) in [6.07, 6.45) is 1.88. The van der Waals surface area contributed by atoms with Crippen LogP contribution in [0.25, 0.3) is 27.5 Å². The van der Waals surface area contributed by atoms with Crippen LogP contribution in [0.4, 0.5) is 0 Å². The van der Waals surface area contributed by atoms with E-state index in [0.717, 1.165) is 50.7 Å². The van der Waals surface area contributed by atoms with E-state index in [0.29, 0.717) is 18.5 Å². The van der Waals surface area contributed by atoms with Gasteiger partial charge < -0.3 is 15.2 Å². The molecule has 34 heavy (non-hydrogen) atoms. The van der Waals surface area contributed by atoms with Gasteiger partial charge in [0, 0.05) is 46.8 Å². The van der Waals surface area contributed by atoms with Crippen molar-refractivity contribution < 1.29 is 15.0 Å². The van der Waals surface area contributed by atoms with Crippen molar-refractivity contribution in [3.8, 4) is 17.4 Å². The molecule has 0 radical (unpaired) electrons. The fraction of sp³-hybridized carbons (Fsp3) is 0.214. The standard InChI is InChI=1S/C28H25N3O3/c1-28(2)14-21-26(22(32)15-28)25-18-5-3-4-6-19(18)30-27(25)20(29-21)13-16-7-9-17(10-8-16)31-23(33)11-12-24(31)34/h3-12,30,33-34H,13-15H2,1-2H3. The monoisotopic (exact) mass is 451 g/mol. The molecule has 0 amide bonds. The van der Waals surface area contributed by atoms with Gasteiger partial charge in [0.1, 0.15) is 0 Å². The molecule has 0 bridgehead atoms. The molecule has 1 aliphatic carbocycles. The molecule has 6 heteroatoms. The highest BCUT2D eigenvalue weighted by Gasteiger charge is 2.34. The summed E-state index contributed by atoms with van der Waals surface area (Å²) in [5.74, 6) is 0.123. The number of ketones is 1. The average Bonchev–Trinajstić information content (AvgIpc) is 3.33. The van der Waals surface area contributed by atoms with Gasteiger partial charge in [0.05, 0.1) is 22.6 Å². The molecule has 6 nitrogen and oxygen atoms in total. The van der Waals surface area contributed by atoms with Crippen molar-refractivity contribution in [1.82, 2.24) is 14.5 Å². The Morgan fingerprint density at radius 2 is 1.68 bits per heavy atom. The Kier molecular flexibility index (Phi) is 4.36. The van der Waals surface area contributed by atoms with Crippen molar-refractivity contribution in [3.05, 3.63) is 83.2 Å². The second-order valence-corrected chi connectivity index (χ2v) is 9.97. The Balaban J connectivity index is 1.49. The van der Waals surface area contributed by atoms with E-state index in [1.807, 2.05) is 42.5 Å². The summed E-state index contributed by atoms with van der Waals surface area (Å²) in [4.78, 5) is 21.8. The van der Waals surface area contributed by atoms with Crippen molar-refractivity contribution >= 4 is 27.6 Å². The number of Topliss-reactive ketones (excluding diaryl/α,β-unsaturated/α-hetero) is 1. The first-order valence-corrected chi connectivity index (χ1v) is 11.5. The largest absolute Gasteiger partial charge is 0.494 e. The quantitative estimate of drug-likeness (QED) is 0.330. The topological polar surface area (TPSA) is 91.1 Å². The number of hydrogen-bond donors (Lipinski definition) is 3. The van der Waals surface area contributed by atoms with Crippen LogP contribution in [0.1, 0.15) is 47.6 Å².